The first kappa shape index (κ1) is 17.5. The standard InChI is InChI=1S/C17H20FN5OS/c1-21(2)9-4-10-23(16(24)14-7-8-19-22(14)3)17-20-13-6-5-12(18)11-15(13)25-17/h5-8,11H,4,9-10H2,1-3H3. The zero-order valence-corrected chi connectivity index (χ0v) is 15.3. The van der Waals surface area contributed by atoms with Crippen molar-refractivity contribution in [2.24, 2.45) is 7.05 Å². The SMILES string of the molecule is CN(C)CCCN(C(=O)c1ccnn1C)c1nc2ccc(F)cc2s1. The number of aryl methyl sites for hydroxylation is 1. The van der Waals surface area contributed by atoms with Crippen molar-refractivity contribution >= 4 is 32.6 Å². The van der Waals surface area contributed by atoms with Crippen LogP contribution in [0.5, 0.6) is 0 Å². The molecular weight excluding hydrogens is 341 g/mol. The van der Waals surface area contributed by atoms with E-state index in [1.54, 1.807) is 35.0 Å². The molecule has 132 valence electrons. The third kappa shape index (κ3) is 3.85. The maximum atomic E-state index is 13.5. The molecule has 1 aromatic carbocycles. The highest BCUT2D eigenvalue weighted by Crippen LogP contribution is 2.30. The second kappa shape index (κ2) is 7.28. The van der Waals surface area contributed by atoms with Gasteiger partial charge in [-0.3, -0.25) is 14.4 Å². The van der Waals surface area contributed by atoms with Crippen LogP contribution >= 0.6 is 11.3 Å². The number of carbonyl (C=O) groups is 1. The van der Waals surface area contributed by atoms with Crippen molar-refractivity contribution in [3.8, 4) is 0 Å². The maximum Gasteiger partial charge on any atom is 0.278 e. The molecule has 8 heteroatoms. The quantitative estimate of drug-likeness (QED) is 0.677. The fourth-order valence-corrected chi connectivity index (χ4v) is 3.57. The van der Waals surface area contributed by atoms with E-state index in [0.717, 1.165) is 17.7 Å². The Morgan fingerprint density at radius 3 is 2.76 bits per heavy atom. The van der Waals surface area contributed by atoms with E-state index < -0.39 is 0 Å². The summed E-state index contributed by atoms with van der Waals surface area (Å²) in [6.45, 7) is 1.39. The average molecular weight is 361 g/mol. The van der Waals surface area contributed by atoms with Gasteiger partial charge in [0.1, 0.15) is 11.5 Å². The van der Waals surface area contributed by atoms with Gasteiger partial charge in [-0.25, -0.2) is 9.37 Å². The molecule has 2 heterocycles. The number of thiazole rings is 1. The average Bonchev–Trinajstić information content (AvgIpc) is 3.16. The maximum absolute atomic E-state index is 13.5. The number of hydrogen-bond donors (Lipinski definition) is 0. The molecule has 6 nitrogen and oxygen atoms in total. The zero-order valence-electron chi connectivity index (χ0n) is 14.4. The van der Waals surface area contributed by atoms with Gasteiger partial charge in [0, 0.05) is 19.8 Å². The predicted octanol–water partition coefficient (Wildman–Crippen LogP) is 2.77. The Hall–Kier alpha value is -2.32. The Morgan fingerprint density at radius 1 is 1.28 bits per heavy atom. The molecule has 0 radical (unpaired) electrons. The van der Waals surface area contributed by atoms with E-state index in [2.05, 4.69) is 15.0 Å². The highest BCUT2D eigenvalue weighted by Gasteiger charge is 2.23. The monoisotopic (exact) mass is 361 g/mol. The highest BCUT2D eigenvalue weighted by atomic mass is 32.1. The molecule has 25 heavy (non-hydrogen) atoms. The van der Waals surface area contributed by atoms with Crippen LogP contribution in [0, 0.1) is 5.82 Å². The first-order chi connectivity index (χ1) is 12.0. The molecule has 0 aliphatic carbocycles. The number of benzene rings is 1. The third-order valence-corrected chi connectivity index (χ3v) is 4.88. The fourth-order valence-electron chi connectivity index (χ4n) is 2.55. The number of halogens is 1. The van der Waals surface area contributed by atoms with Gasteiger partial charge in [-0.05, 0) is 51.3 Å². The number of nitrogens with zero attached hydrogens (tertiary/aromatic N) is 5. The van der Waals surface area contributed by atoms with E-state index in [9.17, 15) is 9.18 Å². The second-order valence-electron chi connectivity index (χ2n) is 6.06. The number of aromatic nitrogens is 3. The molecule has 0 fully saturated rings. The first-order valence-electron chi connectivity index (χ1n) is 7.96. The van der Waals surface area contributed by atoms with Crippen molar-refractivity contribution in [1.82, 2.24) is 19.7 Å². The van der Waals surface area contributed by atoms with Crippen LogP contribution < -0.4 is 4.90 Å². The lowest BCUT2D eigenvalue weighted by molar-refractivity contribution is 0.0977. The molecule has 0 spiro atoms. The van der Waals surface area contributed by atoms with Crippen LogP contribution in [0.1, 0.15) is 16.9 Å². The van der Waals surface area contributed by atoms with Crippen molar-refractivity contribution in [2.75, 3.05) is 32.1 Å². The summed E-state index contributed by atoms with van der Waals surface area (Å²) in [6.07, 6.45) is 2.40. The van der Waals surface area contributed by atoms with Gasteiger partial charge in [-0.15, -0.1) is 0 Å². The Labute approximate surface area is 149 Å². The van der Waals surface area contributed by atoms with Gasteiger partial charge in [0.05, 0.1) is 10.2 Å². The molecule has 3 aromatic rings. The summed E-state index contributed by atoms with van der Waals surface area (Å²) < 4.78 is 15.7. The van der Waals surface area contributed by atoms with Crippen LogP contribution in [0.3, 0.4) is 0 Å². The molecule has 0 saturated carbocycles. The summed E-state index contributed by atoms with van der Waals surface area (Å²) in [6, 6.07) is 6.15. The molecular formula is C17H20FN5OS. The molecule has 0 bridgehead atoms. The molecule has 0 aliphatic rings. The molecule has 0 N–H and O–H groups in total. The molecule has 0 atom stereocenters. The highest BCUT2D eigenvalue weighted by molar-refractivity contribution is 7.22. The molecule has 1 amide bonds. The van der Waals surface area contributed by atoms with E-state index in [0.29, 0.717) is 22.9 Å². The van der Waals surface area contributed by atoms with Gasteiger partial charge in [-0.1, -0.05) is 11.3 Å². The topological polar surface area (TPSA) is 54.3 Å². The summed E-state index contributed by atoms with van der Waals surface area (Å²) in [5.74, 6) is -0.460. The van der Waals surface area contributed by atoms with E-state index in [-0.39, 0.29) is 11.7 Å². The second-order valence-corrected chi connectivity index (χ2v) is 7.07. The number of rotatable bonds is 6. The van der Waals surface area contributed by atoms with E-state index in [4.69, 9.17) is 0 Å². The summed E-state index contributed by atoms with van der Waals surface area (Å²) in [5, 5.41) is 4.65. The molecule has 0 aliphatic heterocycles. The smallest absolute Gasteiger partial charge is 0.278 e. The van der Waals surface area contributed by atoms with Crippen LogP contribution in [-0.2, 0) is 7.05 Å². The van der Waals surface area contributed by atoms with Gasteiger partial charge in [0.15, 0.2) is 5.13 Å². The Bertz CT molecular complexity index is 888. The molecule has 0 saturated heterocycles. The van der Waals surface area contributed by atoms with Gasteiger partial charge >= 0.3 is 0 Å². The molecule has 2 aromatic heterocycles. The van der Waals surface area contributed by atoms with Crippen LogP contribution in [-0.4, -0.2) is 52.8 Å². The number of carbonyl (C=O) groups excluding carboxylic acids is 1. The minimum atomic E-state index is -0.306. The van der Waals surface area contributed by atoms with Crippen molar-refractivity contribution in [3.63, 3.8) is 0 Å². The number of fused-ring (bicyclic) bond motifs is 1. The number of anilines is 1. The van der Waals surface area contributed by atoms with Gasteiger partial charge in [0.2, 0.25) is 0 Å². The Kier molecular flexibility index (Phi) is 5.10. The Morgan fingerprint density at radius 2 is 2.08 bits per heavy atom. The minimum absolute atomic E-state index is 0.154. The number of amides is 1. The predicted molar refractivity (Wildman–Crippen MR) is 97.6 cm³/mol. The lowest BCUT2D eigenvalue weighted by Gasteiger charge is -2.20. The number of hydrogen-bond acceptors (Lipinski definition) is 5. The van der Waals surface area contributed by atoms with Crippen molar-refractivity contribution < 1.29 is 9.18 Å². The minimum Gasteiger partial charge on any atom is -0.309 e. The van der Waals surface area contributed by atoms with E-state index >= 15 is 0 Å². The summed E-state index contributed by atoms with van der Waals surface area (Å²) in [5.41, 5.74) is 1.19. The van der Waals surface area contributed by atoms with E-state index in [1.165, 1.54) is 23.5 Å². The van der Waals surface area contributed by atoms with Crippen LogP contribution in [0.25, 0.3) is 10.2 Å². The van der Waals surface area contributed by atoms with Crippen LogP contribution in [0.15, 0.2) is 30.5 Å². The molecule has 3 rings (SSSR count). The van der Waals surface area contributed by atoms with Gasteiger partial charge in [-0.2, -0.15) is 5.10 Å². The van der Waals surface area contributed by atoms with Gasteiger partial charge in [0.25, 0.3) is 5.91 Å². The van der Waals surface area contributed by atoms with Crippen LogP contribution in [0.2, 0.25) is 0 Å². The fraction of sp³-hybridized carbons (Fsp3) is 0.353. The third-order valence-electron chi connectivity index (χ3n) is 3.84. The zero-order chi connectivity index (χ0) is 18.0. The lowest BCUT2D eigenvalue weighted by atomic mass is 10.3. The first-order valence-corrected chi connectivity index (χ1v) is 8.78. The van der Waals surface area contributed by atoms with Crippen molar-refractivity contribution in [2.45, 2.75) is 6.42 Å². The largest absolute Gasteiger partial charge is 0.309 e. The summed E-state index contributed by atoms with van der Waals surface area (Å²) in [4.78, 5) is 21.2. The van der Waals surface area contributed by atoms with Crippen LogP contribution in [0.4, 0.5) is 9.52 Å². The lowest BCUT2D eigenvalue weighted by Crippen LogP contribution is -2.34. The molecule has 0 unspecified atom stereocenters. The van der Waals surface area contributed by atoms with E-state index in [1.807, 2.05) is 14.1 Å². The Balaban J connectivity index is 1.94. The van der Waals surface area contributed by atoms with Gasteiger partial charge < -0.3 is 4.90 Å². The van der Waals surface area contributed by atoms with Crippen molar-refractivity contribution in [1.29, 1.82) is 0 Å². The normalized spacial score (nSPS) is 11.4. The summed E-state index contributed by atoms with van der Waals surface area (Å²) >= 11 is 1.32. The van der Waals surface area contributed by atoms with Crippen molar-refractivity contribution in [3.05, 3.63) is 42.0 Å². The summed E-state index contributed by atoms with van der Waals surface area (Å²) in [7, 11) is 5.72.